The van der Waals surface area contributed by atoms with E-state index in [-0.39, 0.29) is 34.4 Å². The van der Waals surface area contributed by atoms with E-state index in [9.17, 15) is 26.4 Å². The van der Waals surface area contributed by atoms with Crippen LogP contribution in [-0.2, 0) is 10.0 Å². The van der Waals surface area contributed by atoms with Gasteiger partial charge in [0, 0.05) is 34.7 Å². The van der Waals surface area contributed by atoms with Crippen LogP contribution >= 0.6 is 0 Å². The Kier molecular flexibility index (Phi) is 6.26. The average molecular weight is 557 g/mol. The van der Waals surface area contributed by atoms with Gasteiger partial charge in [-0.3, -0.25) is 9.52 Å². The fourth-order valence-electron chi connectivity index (χ4n) is 3.91. The number of pyridine rings is 1. The summed E-state index contributed by atoms with van der Waals surface area (Å²) in [5.74, 6) is -2.92. The average Bonchev–Trinajstić information content (AvgIpc) is 3.42. The Balaban J connectivity index is 1.42. The van der Waals surface area contributed by atoms with Gasteiger partial charge in [-0.05, 0) is 31.2 Å². The van der Waals surface area contributed by atoms with Gasteiger partial charge in [-0.1, -0.05) is 0 Å². The summed E-state index contributed by atoms with van der Waals surface area (Å²) in [7, 11) is -3.72. The lowest BCUT2D eigenvalue weighted by Gasteiger charge is -2.10. The number of aryl methyl sites for hydroxylation is 1. The second kappa shape index (κ2) is 9.47. The van der Waals surface area contributed by atoms with Crippen molar-refractivity contribution in [2.24, 2.45) is 0 Å². The number of carbonyl (C=O) groups is 1. The maximum absolute atomic E-state index is 14.3. The summed E-state index contributed by atoms with van der Waals surface area (Å²) in [4.78, 5) is 20.2. The van der Waals surface area contributed by atoms with E-state index in [4.69, 9.17) is 10.5 Å². The van der Waals surface area contributed by atoms with Crippen LogP contribution in [0.15, 0.2) is 54.9 Å². The number of sulfonamides is 1. The molecule has 0 bridgehead atoms. The number of H-pyrrole nitrogens is 1. The van der Waals surface area contributed by atoms with Gasteiger partial charge in [-0.25, -0.2) is 31.3 Å². The lowest BCUT2D eigenvalue weighted by Crippen LogP contribution is -2.10. The molecule has 0 atom stereocenters. The predicted octanol–water partition coefficient (Wildman–Crippen LogP) is 4.45. The van der Waals surface area contributed by atoms with Crippen molar-refractivity contribution in [3.8, 4) is 17.3 Å². The molecule has 0 aliphatic heterocycles. The standard InChI is InChI=1S/C25H19F3N6O4S/c1-12-3-16(10-30-25(12)38-17-7-14(26)6-15(27)8-17)34-24(29)18(11-31-34)23(35)22-5-13-4-19(28)21(9-20(13)32-22)33-39(2,36)37/h3-11,32-33H,29H2,1-2H3. The Morgan fingerprint density at radius 1 is 1.05 bits per heavy atom. The van der Waals surface area contributed by atoms with E-state index in [0.29, 0.717) is 22.2 Å². The van der Waals surface area contributed by atoms with Crippen molar-refractivity contribution >= 4 is 38.2 Å². The number of ketones is 1. The van der Waals surface area contributed by atoms with Gasteiger partial charge >= 0.3 is 0 Å². The van der Waals surface area contributed by atoms with Gasteiger partial charge in [0.1, 0.15) is 29.0 Å². The topological polar surface area (TPSA) is 145 Å². The Morgan fingerprint density at radius 3 is 2.44 bits per heavy atom. The van der Waals surface area contributed by atoms with Crippen LogP contribution in [0.25, 0.3) is 16.6 Å². The molecule has 0 aliphatic carbocycles. The number of nitrogens with one attached hydrogen (secondary N) is 2. The van der Waals surface area contributed by atoms with E-state index in [1.54, 1.807) is 13.0 Å². The molecule has 5 rings (SSSR count). The van der Waals surface area contributed by atoms with E-state index in [0.717, 1.165) is 30.5 Å². The lowest BCUT2D eigenvalue weighted by atomic mass is 10.1. The molecule has 0 unspecified atom stereocenters. The smallest absolute Gasteiger partial charge is 0.229 e. The number of nitrogen functional groups attached to an aromatic ring is 1. The van der Waals surface area contributed by atoms with Crippen molar-refractivity contribution < 1.29 is 31.1 Å². The number of benzene rings is 2. The quantitative estimate of drug-likeness (QED) is 0.251. The largest absolute Gasteiger partial charge is 0.439 e. The van der Waals surface area contributed by atoms with Crippen LogP contribution in [0, 0.1) is 24.4 Å². The number of nitrogens with two attached hydrogens (primary N) is 1. The third kappa shape index (κ3) is 5.27. The summed E-state index contributed by atoms with van der Waals surface area (Å²) in [6.45, 7) is 1.66. The first kappa shape index (κ1) is 25.8. The molecule has 0 saturated carbocycles. The van der Waals surface area contributed by atoms with Gasteiger partial charge in [0.05, 0.1) is 41.3 Å². The van der Waals surface area contributed by atoms with E-state index < -0.39 is 33.3 Å². The number of halogens is 3. The molecular weight excluding hydrogens is 537 g/mol. The maximum Gasteiger partial charge on any atom is 0.229 e. The van der Waals surface area contributed by atoms with Crippen LogP contribution in [0.1, 0.15) is 21.6 Å². The minimum atomic E-state index is -3.72. The van der Waals surface area contributed by atoms with Crippen LogP contribution in [0.3, 0.4) is 0 Å². The molecule has 0 amide bonds. The third-order valence-electron chi connectivity index (χ3n) is 5.61. The number of anilines is 2. The van der Waals surface area contributed by atoms with Gasteiger partial charge in [0.25, 0.3) is 0 Å². The molecule has 0 aliphatic rings. The molecule has 39 heavy (non-hydrogen) atoms. The fraction of sp³-hybridized carbons (Fsp3) is 0.0800. The van der Waals surface area contributed by atoms with Crippen molar-refractivity contribution in [3.05, 3.63) is 89.1 Å². The van der Waals surface area contributed by atoms with Crippen LogP contribution in [-0.4, -0.2) is 40.2 Å². The first-order valence-corrected chi connectivity index (χ1v) is 13.1. The summed E-state index contributed by atoms with van der Waals surface area (Å²) >= 11 is 0. The molecule has 0 spiro atoms. The maximum atomic E-state index is 14.3. The number of aromatic amines is 1. The lowest BCUT2D eigenvalue weighted by molar-refractivity contribution is 0.103. The van der Waals surface area contributed by atoms with E-state index in [1.807, 2.05) is 0 Å². The molecule has 5 aromatic rings. The van der Waals surface area contributed by atoms with Gasteiger partial charge in [-0.15, -0.1) is 0 Å². The summed E-state index contributed by atoms with van der Waals surface area (Å²) in [6.07, 6.45) is 3.51. The van der Waals surface area contributed by atoms with E-state index in [2.05, 4.69) is 19.8 Å². The van der Waals surface area contributed by atoms with Crippen LogP contribution in [0.5, 0.6) is 11.6 Å². The van der Waals surface area contributed by atoms with Crippen LogP contribution in [0.4, 0.5) is 24.7 Å². The molecule has 200 valence electrons. The molecule has 0 saturated heterocycles. The molecule has 3 heterocycles. The zero-order valence-corrected chi connectivity index (χ0v) is 21.1. The van der Waals surface area contributed by atoms with E-state index >= 15 is 0 Å². The Hall–Kier alpha value is -4.85. The highest BCUT2D eigenvalue weighted by Gasteiger charge is 2.21. The number of nitrogens with zero attached hydrogens (tertiary/aromatic N) is 3. The van der Waals surface area contributed by atoms with E-state index in [1.165, 1.54) is 29.2 Å². The van der Waals surface area contributed by atoms with Crippen molar-refractivity contribution in [3.63, 3.8) is 0 Å². The zero-order chi connectivity index (χ0) is 28.1. The van der Waals surface area contributed by atoms with Gasteiger partial charge < -0.3 is 15.5 Å². The first-order valence-electron chi connectivity index (χ1n) is 11.2. The highest BCUT2D eigenvalue weighted by molar-refractivity contribution is 7.92. The van der Waals surface area contributed by atoms with Crippen molar-refractivity contribution in [2.45, 2.75) is 6.92 Å². The van der Waals surface area contributed by atoms with Crippen molar-refractivity contribution in [1.29, 1.82) is 0 Å². The Bertz CT molecular complexity index is 1860. The predicted molar refractivity (Wildman–Crippen MR) is 137 cm³/mol. The fourth-order valence-corrected chi connectivity index (χ4v) is 4.46. The van der Waals surface area contributed by atoms with Crippen LogP contribution < -0.4 is 15.2 Å². The number of ether oxygens (including phenoxy) is 1. The summed E-state index contributed by atoms with van der Waals surface area (Å²) in [5, 5.41) is 4.52. The number of hydrogen-bond donors (Lipinski definition) is 3. The number of rotatable bonds is 7. The monoisotopic (exact) mass is 556 g/mol. The van der Waals surface area contributed by atoms with Crippen molar-refractivity contribution in [2.75, 3.05) is 16.7 Å². The summed E-state index contributed by atoms with van der Waals surface area (Å²) in [6, 6.07) is 8.11. The third-order valence-corrected chi connectivity index (χ3v) is 6.20. The minimum absolute atomic E-state index is 0.00802. The normalized spacial score (nSPS) is 11.6. The molecule has 2 aromatic carbocycles. The number of hydrogen-bond acceptors (Lipinski definition) is 7. The number of aromatic nitrogens is 4. The first-order chi connectivity index (χ1) is 18.4. The molecule has 0 radical (unpaired) electrons. The molecule has 3 aromatic heterocycles. The molecule has 4 N–H and O–H groups in total. The number of carbonyl (C=O) groups excluding carboxylic acids is 1. The Labute approximate surface area is 219 Å². The molecule has 10 nitrogen and oxygen atoms in total. The Morgan fingerprint density at radius 2 is 1.77 bits per heavy atom. The van der Waals surface area contributed by atoms with Crippen LogP contribution in [0.2, 0.25) is 0 Å². The van der Waals surface area contributed by atoms with Crippen molar-refractivity contribution in [1.82, 2.24) is 19.7 Å². The second-order valence-electron chi connectivity index (χ2n) is 8.68. The molecular formula is C25H19F3N6O4S. The van der Waals surface area contributed by atoms with Gasteiger partial charge in [-0.2, -0.15) is 5.10 Å². The number of fused-ring (bicyclic) bond motifs is 1. The molecule has 14 heteroatoms. The van der Waals surface area contributed by atoms with Gasteiger partial charge in [0.15, 0.2) is 0 Å². The highest BCUT2D eigenvalue weighted by atomic mass is 32.2. The second-order valence-corrected chi connectivity index (χ2v) is 10.4. The highest BCUT2D eigenvalue weighted by Crippen LogP contribution is 2.29. The summed E-state index contributed by atoms with van der Waals surface area (Å²) in [5.41, 5.74) is 7.28. The van der Waals surface area contributed by atoms with Gasteiger partial charge in [0.2, 0.25) is 21.7 Å². The summed E-state index contributed by atoms with van der Waals surface area (Å²) < 4.78 is 73.1. The SMILES string of the molecule is Cc1cc(-n2ncc(C(=O)c3cc4cc(F)c(NS(C)(=O)=O)cc4[nH]3)c2N)cnc1Oc1cc(F)cc(F)c1. The zero-order valence-electron chi connectivity index (χ0n) is 20.3. The minimum Gasteiger partial charge on any atom is -0.439 e. The molecule has 0 fully saturated rings.